The van der Waals surface area contributed by atoms with Gasteiger partial charge in [0.05, 0.1) is 6.10 Å². The number of hydrogen-bond donors (Lipinski definition) is 1. The van der Waals surface area contributed by atoms with Crippen LogP contribution in [0.3, 0.4) is 0 Å². The summed E-state index contributed by atoms with van der Waals surface area (Å²) in [5.41, 5.74) is 0. The average Bonchev–Trinajstić information content (AvgIpc) is 2.63. The molecule has 0 aromatic heterocycles. The molecule has 1 rings (SSSR count). The van der Waals surface area contributed by atoms with Gasteiger partial charge in [-0.25, -0.2) is 0 Å². The molecule has 0 aromatic rings. The minimum Gasteiger partial charge on any atom is -0.378 e. The van der Waals surface area contributed by atoms with Gasteiger partial charge in [-0.15, -0.1) is 11.8 Å². The zero-order chi connectivity index (χ0) is 9.36. The third-order valence-electron chi connectivity index (χ3n) is 2.27. The molecule has 1 aliphatic heterocycles. The highest BCUT2D eigenvalue weighted by Crippen LogP contribution is 2.14. The fraction of sp³-hybridized carbons (Fsp3) is 0.818. The maximum Gasteiger partial charge on any atom is 0.0588 e. The van der Waals surface area contributed by atoms with Gasteiger partial charge in [-0.1, -0.05) is 0 Å². The Bertz CT molecular complexity index is 174. The predicted molar refractivity (Wildman–Crippen MR) is 54.5 cm³/mol. The SMILES string of the molecule is CC#CCCNCCC1CCCO1. The van der Waals surface area contributed by atoms with Crippen molar-refractivity contribution in [2.45, 2.75) is 38.7 Å². The molecule has 2 nitrogen and oxygen atoms in total. The molecule has 1 unspecified atom stereocenters. The molecule has 0 spiro atoms. The fourth-order valence-corrected chi connectivity index (χ4v) is 1.54. The highest BCUT2D eigenvalue weighted by molar-refractivity contribution is 4.95. The maximum absolute atomic E-state index is 5.51. The van der Waals surface area contributed by atoms with Gasteiger partial charge in [-0.05, 0) is 32.7 Å². The molecule has 2 heteroatoms. The van der Waals surface area contributed by atoms with Crippen LogP contribution in [-0.4, -0.2) is 25.8 Å². The van der Waals surface area contributed by atoms with Gasteiger partial charge in [0, 0.05) is 19.6 Å². The largest absolute Gasteiger partial charge is 0.378 e. The van der Waals surface area contributed by atoms with Crippen molar-refractivity contribution in [2.24, 2.45) is 0 Å². The van der Waals surface area contributed by atoms with E-state index >= 15 is 0 Å². The second-order valence-corrected chi connectivity index (χ2v) is 3.35. The van der Waals surface area contributed by atoms with Gasteiger partial charge >= 0.3 is 0 Å². The van der Waals surface area contributed by atoms with E-state index in [4.69, 9.17) is 4.74 Å². The standard InChI is InChI=1S/C11H19NO/c1-2-3-4-8-12-9-7-11-6-5-10-13-11/h11-12H,4-10H2,1H3. The summed E-state index contributed by atoms with van der Waals surface area (Å²) in [5, 5.41) is 3.36. The van der Waals surface area contributed by atoms with E-state index in [2.05, 4.69) is 17.2 Å². The topological polar surface area (TPSA) is 21.3 Å². The van der Waals surface area contributed by atoms with Crippen molar-refractivity contribution in [3.05, 3.63) is 0 Å². The first-order valence-corrected chi connectivity index (χ1v) is 5.15. The number of ether oxygens (including phenoxy) is 1. The Hall–Kier alpha value is -0.520. The van der Waals surface area contributed by atoms with Crippen LogP contribution in [-0.2, 0) is 4.74 Å². The molecule has 0 amide bonds. The van der Waals surface area contributed by atoms with Gasteiger partial charge in [0.1, 0.15) is 0 Å². The van der Waals surface area contributed by atoms with Crippen molar-refractivity contribution in [2.75, 3.05) is 19.7 Å². The molecule has 1 heterocycles. The van der Waals surface area contributed by atoms with Gasteiger partial charge in [0.25, 0.3) is 0 Å². The Kier molecular flexibility index (Phi) is 5.64. The van der Waals surface area contributed by atoms with Crippen molar-refractivity contribution in [1.29, 1.82) is 0 Å². The van der Waals surface area contributed by atoms with Crippen LogP contribution in [0.2, 0.25) is 0 Å². The Morgan fingerprint density at radius 3 is 3.08 bits per heavy atom. The monoisotopic (exact) mass is 181 g/mol. The van der Waals surface area contributed by atoms with Crippen LogP contribution in [0.15, 0.2) is 0 Å². The minimum atomic E-state index is 0.518. The Labute approximate surface area is 81.0 Å². The maximum atomic E-state index is 5.51. The summed E-state index contributed by atoms with van der Waals surface area (Å²) in [4.78, 5) is 0. The molecule has 1 N–H and O–H groups in total. The smallest absolute Gasteiger partial charge is 0.0588 e. The van der Waals surface area contributed by atoms with E-state index in [0.29, 0.717) is 6.10 Å². The quantitative estimate of drug-likeness (QED) is 0.513. The normalized spacial score (nSPS) is 21.2. The van der Waals surface area contributed by atoms with E-state index in [9.17, 15) is 0 Å². The average molecular weight is 181 g/mol. The van der Waals surface area contributed by atoms with Gasteiger partial charge in [-0.2, -0.15) is 0 Å². The van der Waals surface area contributed by atoms with Crippen LogP contribution < -0.4 is 5.32 Å². The Balaban J connectivity index is 1.85. The molecule has 1 saturated heterocycles. The summed E-state index contributed by atoms with van der Waals surface area (Å²) in [5.74, 6) is 5.92. The van der Waals surface area contributed by atoms with E-state index in [-0.39, 0.29) is 0 Å². The molecule has 0 aromatic carbocycles. The Morgan fingerprint density at radius 1 is 1.46 bits per heavy atom. The van der Waals surface area contributed by atoms with E-state index in [1.807, 2.05) is 6.92 Å². The summed E-state index contributed by atoms with van der Waals surface area (Å²) < 4.78 is 5.51. The molecule has 74 valence electrons. The van der Waals surface area contributed by atoms with Gasteiger partial charge in [0.2, 0.25) is 0 Å². The summed E-state index contributed by atoms with van der Waals surface area (Å²) in [6.45, 7) is 4.92. The van der Waals surface area contributed by atoms with Crippen molar-refractivity contribution in [3.63, 3.8) is 0 Å². The van der Waals surface area contributed by atoms with Crippen molar-refractivity contribution in [3.8, 4) is 11.8 Å². The van der Waals surface area contributed by atoms with Crippen LogP contribution in [0.25, 0.3) is 0 Å². The van der Waals surface area contributed by atoms with Crippen molar-refractivity contribution in [1.82, 2.24) is 5.32 Å². The summed E-state index contributed by atoms with van der Waals surface area (Å²) in [7, 11) is 0. The highest BCUT2D eigenvalue weighted by Gasteiger charge is 2.13. The minimum absolute atomic E-state index is 0.518. The molecular formula is C11H19NO. The van der Waals surface area contributed by atoms with Crippen LogP contribution in [0, 0.1) is 11.8 Å². The summed E-state index contributed by atoms with van der Waals surface area (Å²) in [6.07, 6.45) is 5.12. The summed E-state index contributed by atoms with van der Waals surface area (Å²) >= 11 is 0. The first kappa shape index (κ1) is 10.6. The molecular weight excluding hydrogens is 162 g/mol. The van der Waals surface area contributed by atoms with Gasteiger partial charge < -0.3 is 10.1 Å². The predicted octanol–water partition coefficient (Wildman–Crippen LogP) is 1.56. The first-order chi connectivity index (χ1) is 6.43. The molecule has 1 atom stereocenters. The van der Waals surface area contributed by atoms with Crippen LogP contribution in [0.5, 0.6) is 0 Å². The fourth-order valence-electron chi connectivity index (χ4n) is 1.54. The second kappa shape index (κ2) is 6.94. The molecule has 0 radical (unpaired) electrons. The van der Waals surface area contributed by atoms with Crippen LogP contribution >= 0.6 is 0 Å². The lowest BCUT2D eigenvalue weighted by atomic mass is 10.2. The van der Waals surface area contributed by atoms with E-state index in [1.165, 1.54) is 12.8 Å². The Morgan fingerprint density at radius 2 is 2.38 bits per heavy atom. The van der Waals surface area contributed by atoms with E-state index in [1.54, 1.807) is 0 Å². The second-order valence-electron chi connectivity index (χ2n) is 3.35. The third kappa shape index (κ3) is 4.92. The molecule has 0 saturated carbocycles. The highest BCUT2D eigenvalue weighted by atomic mass is 16.5. The zero-order valence-electron chi connectivity index (χ0n) is 8.44. The number of nitrogens with one attached hydrogen (secondary N) is 1. The van der Waals surface area contributed by atoms with Crippen molar-refractivity contribution < 1.29 is 4.74 Å². The number of hydrogen-bond acceptors (Lipinski definition) is 2. The lowest BCUT2D eigenvalue weighted by Crippen LogP contribution is -2.20. The summed E-state index contributed by atoms with van der Waals surface area (Å²) in [6, 6.07) is 0. The molecule has 1 fully saturated rings. The van der Waals surface area contributed by atoms with E-state index in [0.717, 1.165) is 32.5 Å². The lowest BCUT2D eigenvalue weighted by molar-refractivity contribution is 0.104. The molecule has 0 bridgehead atoms. The zero-order valence-corrected chi connectivity index (χ0v) is 8.44. The number of rotatable bonds is 5. The van der Waals surface area contributed by atoms with Gasteiger partial charge in [0.15, 0.2) is 0 Å². The third-order valence-corrected chi connectivity index (χ3v) is 2.27. The lowest BCUT2D eigenvalue weighted by Gasteiger charge is -2.08. The van der Waals surface area contributed by atoms with Crippen LogP contribution in [0.4, 0.5) is 0 Å². The molecule has 13 heavy (non-hydrogen) atoms. The van der Waals surface area contributed by atoms with E-state index < -0.39 is 0 Å². The molecule has 1 aliphatic rings. The van der Waals surface area contributed by atoms with Crippen molar-refractivity contribution >= 4 is 0 Å². The first-order valence-electron chi connectivity index (χ1n) is 5.15. The van der Waals surface area contributed by atoms with Gasteiger partial charge in [-0.3, -0.25) is 0 Å². The van der Waals surface area contributed by atoms with Crippen LogP contribution in [0.1, 0.15) is 32.6 Å². The molecule has 0 aliphatic carbocycles.